The number of hydrogen-bond donors (Lipinski definition) is 1. The molecule has 1 N–H and O–H groups in total. The topological polar surface area (TPSA) is 80.7 Å². The van der Waals surface area contributed by atoms with E-state index in [1.165, 1.54) is 6.92 Å². The second-order valence-electron chi connectivity index (χ2n) is 4.65. The van der Waals surface area contributed by atoms with Gasteiger partial charge >= 0.3 is 5.97 Å². The van der Waals surface area contributed by atoms with Gasteiger partial charge in [-0.2, -0.15) is 0 Å². The molecule has 0 aliphatic rings. The van der Waals surface area contributed by atoms with Crippen molar-refractivity contribution < 1.29 is 27.4 Å². The predicted molar refractivity (Wildman–Crippen MR) is 71.2 cm³/mol. The molecular formula is C13H17FO5S. The molecule has 0 aliphatic carbocycles. The summed E-state index contributed by atoms with van der Waals surface area (Å²) in [5.74, 6) is -2.70. The Morgan fingerprint density at radius 3 is 2.50 bits per heavy atom. The van der Waals surface area contributed by atoms with E-state index in [1.807, 2.05) is 0 Å². The minimum atomic E-state index is -3.71. The van der Waals surface area contributed by atoms with E-state index in [1.54, 1.807) is 13.8 Å². The van der Waals surface area contributed by atoms with Gasteiger partial charge in [-0.3, -0.25) is 0 Å². The summed E-state index contributed by atoms with van der Waals surface area (Å²) >= 11 is 0. The molecule has 0 spiro atoms. The third kappa shape index (κ3) is 4.01. The standard InChI is InChI=1S/C13H17FO5S/c1-8(2)19-4-5-20(17,18)10-6-9(3)12(14)11(7-10)13(15)16/h6-8H,4-5H2,1-3H3,(H,15,16). The summed E-state index contributed by atoms with van der Waals surface area (Å²) < 4.78 is 42.9. The van der Waals surface area contributed by atoms with Gasteiger partial charge in [-0.05, 0) is 38.5 Å². The van der Waals surface area contributed by atoms with Crippen molar-refractivity contribution in [3.05, 3.63) is 29.1 Å². The zero-order valence-electron chi connectivity index (χ0n) is 11.5. The van der Waals surface area contributed by atoms with Crippen molar-refractivity contribution in [1.82, 2.24) is 0 Å². The molecule has 0 saturated heterocycles. The minimum Gasteiger partial charge on any atom is -0.478 e. The number of aromatic carboxylic acids is 1. The smallest absolute Gasteiger partial charge is 0.338 e. The van der Waals surface area contributed by atoms with E-state index in [2.05, 4.69) is 0 Å². The SMILES string of the molecule is Cc1cc(S(=O)(=O)CCOC(C)C)cc(C(=O)O)c1F. The van der Waals surface area contributed by atoms with Gasteiger partial charge in [-0.25, -0.2) is 17.6 Å². The van der Waals surface area contributed by atoms with E-state index < -0.39 is 27.2 Å². The van der Waals surface area contributed by atoms with Crippen molar-refractivity contribution in [2.75, 3.05) is 12.4 Å². The van der Waals surface area contributed by atoms with Crippen LogP contribution in [0.4, 0.5) is 4.39 Å². The van der Waals surface area contributed by atoms with Crippen molar-refractivity contribution in [3.63, 3.8) is 0 Å². The molecule has 0 aromatic heterocycles. The summed E-state index contributed by atoms with van der Waals surface area (Å²) in [5.41, 5.74) is -0.665. The van der Waals surface area contributed by atoms with Gasteiger partial charge in [0.15, 0.2) is 9.84 Å². The Labute approximate surface area is 117 Å². The van der Waals surface area contributed by atoms with E-state index >= 15 is 0 Å². The highest BCUT2D eigenvalue weighted by atomic mass is 32.2. The zero-order valence-corrected chi connectivity index (χ0v) is 12.3. The fourth-order valence-corrected chi connectivity index (χ4v) is 2.79. The lowest BCUT2D eigenvalue weighted by atomic mass is 10.1. The van der Waals surface area contributed by atoms with Crippen LogP contribution in [0.2, 0.25) is 0 Å². The fourth-order valence-electron chi connectivity index (χ4n) is 1.58. The van der Waals surface area contributed by atoms with Gasteiger partial charge in [0.2, 0.25) is 0 Å². The number of ether oxygens (including phenoxy) is 1. The first-order valence-electron chi connectivity index (χ1n) is 6.03. The number of sulfone groups is 1. The van der Waals surface area contributed by atoms with Crippen LogP contribution in [0.15, 0.2) is 17.0 Å². The first-order valence-corrected chi connectivity index (χ1v) is 7.68. The molecule has 0 bridgehead atoms. The van der Waals surface area contributed by atoms with Crippen LogP contribution in [0.5, 0.6) is 0 Å². The lowest BCUT2D eigenvalue weighted by Gasteiger charge is -2.10. The average molecular weight is 304 g/mol. The molecule has 112 valence electrons. The molecular weight excluding hydrogens is 287 g/mol. The number of halogens is 1. The maximum Gasteiger partial charge on any atom is 0.338 e. The second-order valence-corrected chi connectivity index (χ2v) is 6.75. The molecule has 0 radical (unpaired) electrons. The molecule has 0 saturated carbocycles. The van der Waals surface area contributed by atoms with E-state index in [-0.39, 0.29) is 28.9 Å². The van der Waals surface area contributed by atoms with Crippen LogP contribution in [0, 0.1) is 12.7 Å². The normalized spacial score (nSPS) is 11.8. The lowest BCUT2D eigenvalue weighted by Crippen LogP contribution is -2.16. The highest BCUT2D eigenvalue weighted by Gasteiger charge is 2.21. The summed E-state index contributed by atoms with van der Waals surface area (Å²) in [5, 5.41) is 8.87. The summed E-state index contributed by atoms with van der Waals surface area (Å²) in [4.78, 5) is 10.7. The first kappa shape index (κ1) is 16.6. The van der Waals surface area contributed by atoms with Gasteiger partial charge in [-0.15, -0.1) is 0 Å². The van der Waals surface area contributed by atoms with E-state index in [9.17, 15) is 17.6 Å². The van der Waals surface area contributed by atoms with E-state index in [0.29, 0.717) is 0 Å². The molecule has 0 aliphatic heterocycles. The highest BCUT2D eigenvalue weighted by molar-refractivity contribution is 7.91. The average Bonchev–Trinajstić information content (AvgIpc) is 2.31. The number of hydrogen-bond acceptors (Lipinski definition) is 4. The van der Waals surface area contributed by atoms with Gasteiger partial charge in [0.25, 0.3) is 0 Å². The Morgan fingerprint density at radius 1 is 1.40 bits per heavy atom. The number of carboxylic acids is 1. The molecule has 0 atom stereocenters. The Morgan fingerprint density at radius 2 is 2.00 bits per heavy atom. The Balaban J connectivity index is 3.10. The second kappa shape index (κ2) is 6.32. The molecule has 1 aromatic rings. The number of benzene rings is 1. The van der Waals surface area contributed by atoms with Crippen LogP contribution >= 0.6 is 0 Å². The Kier molecular flexibility index (Phi) is 5.24. The van der Waals surface area contributed by atoms with Crippen LogP contribution in [0.25, 0.3) is 0 Å². The van der Waals surface area contributed by atoms with Gasteiger partial charge in [0.1, 0.15) is 5.82 Å². The summed E-state index contributed by atoms with van der Waals surface area (Å²) in [6.45, 7) is 4.87. The van der Waals surface area contributed by atoms with E-state index in [4.69, 9.17) is 9.84 Å². The summed E-state index contributed by atoms with van der Waals surface area (Å²) in [6, 6.07) is 1.97. The van der Waals surface area contributed by atoms with Gasteiger partial charge in [-0.1, -0.05) is 0 Å². The van der Waals surface area contributed by atoms with Crippen LogP contribution in [-0.2, 0) is 14.6 Å². The first-order chi connectivity index (χ1) is 9.15. The molecule has 1 aromatic carbocycles. The Bertz CT molecular complexity index is 607. The number of aryl methyl sites for hydroxylation is 1. The van der Waals surface area contributed by atoms with Crippen LogP contribution in [-0.4, -0.2) is 38.0 Å². The van der Waals surface area contributed by atoms with Gasteiger partial charge < -0.3 is 9.84 Å². The molecule has 1 rings (SSSR count). The minimum absolute atomic E-state index is 0.00116. The lowest BCUT2D eigenvalue weighted by molar-refractivity contribution is 0.0691. The number of rotatable bonds is 6. The molecule has 7 heteroatoms. The van der Waals surface area contributed by atoms with Crippen molar-refractivity contribution in [3.8, 4) is 0 Å². The Hall–Kier alpha value is -1.47. The fraction of sp³-hybridized carbons (Fsp3) is 0.462. The maximum atomic E-state index is 13.6. The summed E-state index contributed by atoms with van der Waals surface area (Å²) in [6.07, 6.45) is -0.102. The predicted octanol–water partition coefficient (Wildman–Crippen LogP) is 2.03. The third-order valence-corrected chi connectivity index (χ3v) is 4.28. The van der Waals surface area contributed by atoms with Crippen molar-refractivity contribution in [2.45, 2.75) is 31.8 Å². The molecule has 0 fully saturated rings. The van der Waals surface area contributed by atoms with Crippen molar-refractivity contribution in [1.29, 1.82) is 0 Å². The highest BCUT2D eigenvalue weighted by Crippen LogP contribution is 2.20. The van der Waals surface area contributed by atoms with Crippen molar-refractivity contribution in [2.24, 2.45) is 0 Å². The summed E-state index contributed by atoms with van der Waals surface area (Å²) in [7, 11) is -3.71. The number of carbonyl (C=O) groups is 1. The monoisotopic (exact) mass is 304 g/mol. The number of carboxylic acid groups (broad SMARTS) is 1. The van der Waals surface area contributed by atoms with E-state index in [0.717, 1.165) is 12.1 Å². The molecule has 5 nitrogen and oxygen atoms in total. The van der Waals surface area contributed by atoms with Crippen LogP contribution in [0.1, 0.15) is 29.8 Å². The van der Waals surface area contributed by atoms with Gasteiger partial charge in [0.05, 0.1) is 28.9 Å². The molecule has 0 unspecified atom stereocenters. The van der Waals surface area contributed by atoms with Crippen molar-refractivity contribution >= 4 is 15.8 Å². The van der Waals surface area contributed by atoms with Crippen LogP contribution in [0.3, 0.4) is 0 Å². The quantitative estimate of drug-likeness (QED) is 0.813. The molecule has 20 heavy (non-hydrogen) atoms. The third-order valence-electron chi connectivity index (χ3n) is 2.62. The van der Waals surface area contributed by atoms with Crippen LogP contribution < -0.4 is 0 Å². The molecule has 0 heterocycles. The van der Waals surface area contributed by atoms with Gasteiger partial charge in [0, 0.05) is 0 Å². The zero-order chi connectivity index (χ0) is 15.5. The largest absolute Gasteiger partial charge is 0.478 e. The maximum absolute atomic E-state index is 13.6. The molecule has 0 amide bonds.